The Morgan fingerprint density at radius 1 is 0.281 bits per heavy atom. The van der Waals surface area contributed by atoms with Crippen molar-refractivity contribution in [3.63, 3.8) is 0 Å². The van der Waals surface area contributed by atoms with E-state index in [1.54, 1.807) is 0 Å². The minimum Gasteiger partial charge on any atom is -0.455 e. The monoisotopic (exact) mass is 815 g/mol. The van der Waals surface area contributed by atoms with Gasteiger partial charge in [0.1, 0.15) is 11.2 Å². The van der Waals surface area contributed by atoms with Gasteiger partial charge in [-0.15, -0.1) is 0 Å². The topological polar surface area (TPSA) is 16.4 Å². The minimum atomic E-state index is 0.865. The van der Waals surface area contributed by atoms with Crippen LogP contribution in [-0.4, -0.2) is 0 Å². The van der Waals surface area contributed by atoms with Crippen molar-refractivity contribution in [1.29, 1.82) is 0 Å². The molecule has 64 heavy (non-hydrogen) atoms. The van der Waals surface area contributed by atoms with Crippen LogP contribution in [0.2, 0.25) is 0 Å². The molecule has 0 fully saturated rings. The van der Waals surface area contributed by atoms with Crippen molar-refractivity contribution in [1.82, 2.24) is 0 Å². The van der Waals surface area contributed by atoms with Crippen molar-refractivity contribution in [2.24, 2.45) is 0 Å². The fourth-order valence-corrected chi connectivity index (χ4v) is 9.62. The second-order valence-corrected chi connectivity index (χ2v) is 16.4. The summed E-state index contributed by atoms with van der Waals surface area (Å²) in [5.41, 5.74) is 16.6. The van der Waals surface area contributed by atoms with Gasteiger partial charge in [0, 0.05) is 22.3 Å². The molecule has 0 unspecified atom stereocenters. The first-order chi connectivity index (χ1) is 31.7. The summed E-state index contributed by atoms with van der Waals surface area (Å²) < 4.78 is 6.79. The molecule has 0 saturated heterocycles. The second-order valence-electron chi connectivity index (χ2n) is 16.4. The van der Waals surface area contributed by atoms with Crippen LogP contribution in [-0.2, 0) is 0 Å². The largest absolute Gasteiger partial charge is 0.455 e. The van der Waals surface area contributed by atoms with E-state index in [0.717, 1.165) is 55.7 Å². The van der Waals surface area contributed by atoms with E-state index in [9.17, 15) is 0 Å². The van der Waals surface area contributed by atoms with Crippen LogP contribution in [0, 0.1) is 0 Å². The molecule has 0 saturated carbocycles. The molecular formula is C62H41NO. The Hall–Kier alpha value is -8.46. The fraction of sp³-hybridized carbons (Fsp3) is 0. The van der Waals surface area contributed by atoms with Crippen LogP contribution in [0.3, 0.4) is 0 Å². The number of furan rings is 1. The number of rotatable bonds is 8. The fourth-order valence-electron chi connectivity index (χ4n) is 9.62. The molecule has 0 atom stereocenters. The van der Waals surface area contributed by atoms with Gasteiger partial charge >= 0.3 is 0 Å². The van der Waals surface area contributed by atoms with Crippen LogP contribution in [0.4, 0.5) is 17.1 Å². The van der Waals surface area contributed by atoms with Crippen LogP contribution in [0.5, 0.6) is 0 Å². The maximum atomic E-state index is 6.79. The Labute approximate surface area is 372 Å². The zero-order valence-corrected chi connectivity index (χ0v) is 35.0. The average molecular weight is 816 g/mol. The van der Waals surface area contributed by atoms with Crippen molar-refractivity contribution < 1.29 is 4.42 Å². The molecule has 12 rings (SSSR count). The van der Waals surface area contributed by atoms with Crippen molar-refractivity contribution in [2.75, 3.05) is 4.90 Å². The number of anilines is 3. The first-order valence-electron chi connectivity index (χ1n) is 21.9. The van der Waals surface area contributed by atoms with Crippen LogP contribution in [0.15, 0.2) is 253 Å². The van der Waals surface area contributed by atoms with Gasteiger partial charge in [-0.2, -0.15) is 0 Å². The third kappa shape index (κ3) is 6.52. The lowest BCUT2D eigenvalue weighted by atomic mass is 9.89. The molecule has 0 aliphatic carbocycles. The Bertz CT molecular complexity index is 3650. The van der Waals surface area contributed by atoms with Crippen LogP contribution in [0.1, 0.15) is 0 Å². The Balaban J connectivity index is 1.01. The maximum absolute atomic E-state index is 6.79. The number of nitrogens with zero attached hydrogens (tertiary/aromatic N) is 1. The predicted molar refractivity (Wildman–Crippen MR) is 271 cm³/mol. The number of hydrogen-bond acceptors (Lipinski definition) is 2. The van der Waals surface area contributed by atoms with Gasteiger partial charge in [-0.3, -0.25) is 0 Å². The maximum Gasteiger partial charge on any atom is 0.145 e. The normalized spacial score (nSPS) is 11.4. The molecule has 2 nitrogen and oxygen atoms in total. The summed E-state index contributed by atoms with van der Waals surface area (Å²) in [4.78, 5) is 2.39. The van der Waals surface area contributed by atoms with Gasteiger partial charge in [0.2, 0.25) is 0 Å². The van der Waals surface area contributed by atoms with Gasteiger partial charge in [0.25, 0.3) is 0 Å². The third-order valence-corrected chi connectivity index (χ3v) is 12.7. The summed E-state index contributed by atoms with van der Waals surface area (Å²) in [6.45, 7) is 0. The van der Waals surface area contributed by atoms with E-state index < -0.39 is 0 Å². The lowest BCUT2D eigenvalue weighted by Gasteiger charge is -2.27. The molecule has 1 heterocycles. The van der Waals surface area contributed by atoms with Crippen molar-refractivity contribution in [3.8, 4) is 55.6 Å². The van der Waals surface area contributed by atoms with Gasteiger partial charge in [-0.25, -0.2) is 0 Å². The summed E-state index contributed by atoms with van der Waals surface area (Å²) in [6, 6.07) is 89.6. The molecule has 12 aromatic rings. The number of fused-ring (bicyclic) bond motifs is 5. The van der Waals surface area contributed by atoms with Gasteiger partial charge in [-0.05, 0) is 120 Å². The Morgan fingerprint density at radius 2 is 0.781 bits per heavy atom. The lowest BCUT2D eigenvalue weighted by Crippen LogP contribution is -2.10. The standard InChI is InChI=1S/C62H41NO/c1-2-16-44(17-3-1)55-39-40-59(61-58-26-12-13-28-60(58)64-62(55)61)63(49-35-31-45(32-36-49)52-27-14-20-43-18-6-7-21-51(43)52)50-37-33-46(34-38-50)53-22-8-10-24-56(53)57-25-11-9-23-54(57)48-30-29-42-15-4-5-19-47(42)41-48/h1-41H. The van der Waals surface area contributed by atoms with E-state index in [2.05, 4.69) is 248 Å². The van der Waals surface area contributed by atoms with Crippen molar-refractivity contribution in [2.45, 2.75) is 0 Å². The van der Waals surface area contributed by atoms with Crippen LogP contribution >= 0.6 is 0 Å². The summed E-state index contributed by atoms with van der Waals surface area (Å²) in [6.07, 6.45) is 0. The zero-order valence-electron chi connectivity index (χ0n) is 35.0. The van der Waals surface area contributed by atoms with Gasteiger partial charge in [-0.1, -0.05) is 200 Å². The lowest BCUT2D eigenvalue weighted by molar-refractivity contribution is 0.670. The van der Waals surface area contributed by atoms with Crippen molar-refractivity contribution >= 4 is 60.5 Å². The van der Waals surface area contributed by atoms with E-state index in [1.807, 2.05) is 6.07 Å². The third-order valence-electron chi connectivity index (χ3n) is 12.7. The molecule has 0 bridgehead atoms. The van der Waals surface area contributed by atoms with E-state index in [1.165, 1.54) is 60.5 Å². The first kappa shape index (κ1) is 37.3. The Kier molecular flexibility index (Phi) is 9.20. The van der Waals surface area contributed by atoms with E-state index in [4.69, 9.17) is 4.42 Å². The SMILES string of the molecule is c1ccc(-c2ccc(N(c3ccc(-c4ccccc4-c4ccccc4-c4ccc5ccccc5c4)cc3)c3ccc(-c4cccc5ccccc45)cc3)c3c2oc2ccccc23)cc1. The molecule has 0 spiro atoms. The highest BCUT2D eigenvalue weighted by Gasteiger charge is 2.23. The molecule has 0 amide bonds. The molecule has 2 heteroatoms. The number of benzene rings is 11. The number of hydrogen-bond donors (Lipinski definition) is 0. The van der Waals surface area contributed by atoms with Gasteiger partial charge in [0.05, 0.1) is 11.1 Å². The van der Waals surface area contributed by atoms with E-state index in [0.29, 0.717) is 0 Å². The first-order valence-corrected chi connectivity index (χ1v) is 21.9. The average Bonchev–Trinajstić information content (AvgIpc) is 3.77. The Morgan fingerprint density at radius 3 is 1.50 bits per heavy atom. The van der Waals surface area contributed by atoms with Crippen LogP contribution < -0.4 is 4.90 Å². The molecule has 300 valence electrons. The predicted octanol–water partition coefficient (Wildman–Crippen LogP) is 17.7. The van der Waals surface area contributed by atoms with Gasteiger partial charge in [0.15, 0.2) is 0 Å². The quantitative estimate of drug-likeness (QED) is 0.152. The summed E-state index contributed by atoms with van der Waals surface area (Å²) in [7, 11) is 0. The summed E-state index contributed by atoms with van der Waals surface area (Å²) >= 11 is 0. The molecule has 0 aliphatic heterocycles. The van der Waals surface area contributed by atoms with Crippen LogP contribution in [0.25, 0.3) is 99.1 Å². The highest BCUT2D eigenvalue weighted by atomic mass is 16.3. The minimum absolute atomic E-state index is 0.865. The smallest absolute Gasteiger partial charge is 0.145 e. The molecular weight excluding hydrogens is 775 g/mol. The molecule has 0 aliphatic rings. The zero-order chi connectivity index (χ0) is 42.4. The molecule has 11 aromatic carbocycles. The van der Waals surface area contributed by atoms with E-state index >= 15 is 0 Å². The second kappa shape index (κ2) is 15.8. The molecule has 0 N–H and O–H groups in total. The molecule has 1 aromatic heterocycles. The highest BCUT2D eigenvalue weighted by molar-refractivity contribution is 6.17. The number of para-hydroxylation sites is 1. The summed E-state index contributed by atoms with van der Waals surface area (Å²) in [5.74, 6) is 0. The molecule has 0 radical (unpaired) electrons. The van der Waals surface area contributed by atoms with Gasteiger partial charge < -0.3 is 9.32 Å². The highest BCUT2D eigenvalue weighted by Crippen LogP contribution is 2.47. The van der Waals surface area contributed by atoms with Crippen molar-refractivity contribution in [3.05, 3.63) is 249 Å². The summed E-state index contributed by atoms with van der Waals surface area (Å²) in [5, 5.41) is 7.12. The van der Waals surface area contributed by atoms with E-state index in [-0.39, 0.29) is 0 Å².